The van der Waals surface area contributed by atoms with Gasteiger partial charge in [0.05, 0.1) is 11.0 Å². The zero-order valence-corrected chi connectivity index (χ0v) is 20.2. The lowest BCUT2D eigenvalue weighted by Crippen LogP contribution is -2.41. The average molecular weight is 487 g/mol. The maximum atomic E-state index is 12.8. The Labute approximate surface area is 209 Å². The van der Waals surface area contributed by atoms with Crippen LogP contribution in [-0.4, -0.2) is 27.8 Å². The molecule has 1 aromatic heterocycles. The van der Waals surface area contributed by atoms with Crippen molar-refractivity contribution in [3.8, 4) is 11.4 Å². The highest BCUT2D eigenvalue weighted by Gasteiger charge is 2.23. The third-order valence-corrected chi connectivity index (χ3v) is 6.95. The normalized spacial score (nSPS) is 17.8. The predicted octanol–water partition coefficient (Wildman–Crippen LogP) is 6.44. The van der Waals surface area contributed by atoms with Crippen molar-refractivity contribution in [2.24, 2.45) is 5.92 Å². The van der Waals surface area contributed by atoms with Crippen LogP contribution in [0.4, 0.5) is 5.69 Å². The summed E-state index contributed by atoms with van der Waals surface area (Å²) in [5.74, 6) is 0.943. The average Bonchev–Trinajstić information content (AvgIpc) is 3.30. The van der Waals surface area contributed by atoms with E-state index < -0.39 is 0 Å². The zero-order valence-electron chi connectivity index (χ0n) is 19.5. The number of carbonyl (C=O) groups excluding carboxylic acids is 2. The fraction of sp³-hybridized carbons (Fsp3) is 0.250. The Morgan fingerprint density at radius 2 is 1.63 bits per heavy atom. The summed E-state index contributed by atoms with van der Waals surface area (Å²) in [6.45, 7) is 2.21. The quantitative estimate of drug-likeness (QED) is 0.303. The van der Waals surface area contributed by atoms with Crippen LogP contribution in [0.25, 0.3) is 22.4 Å². The largest absolute Gasteiger partial charge is 0.349 e. The van der Waals surface area contributed by atoms with Crippen molar-refractivity contribution >= 4 is 40.1 Å². The van der Waals surface area contributed by atoms with Crippen LogP contribution in [0.2, 0.25) is 5.02 Å². The van der Waals surface area contributed by atoms with Crippen molar-refractivity contribution in [2.45, 2.75) is 38.6 Å². The van der Waals surface area contributed by atoms with Gasteiger partial charge in [0.15, 0.2) is 0 Å². The number of hydrogen-bond acceptors (Lipinski definition) is 3. The minimum absolute atomic E-state index is 0.0437. The number of nitrogens with zero attached hydrogens (tertiary/aromatic N) is 1. The molecular weight excluding hydrogens is 460 g/mol. The number of imidazole rings is 1. The van der Waals surface area contributed by atoms with E-state index >= 15 is 0 Å². The molecule has 35 heavy (non-hydrogen) atoms. The van der Waals surface area contributed by atoms with Crippen molar-refractivity contribution < 1.29 is 9.59 Å². The van der Waals surface area contributed by atoms with Gasteiger partial charge in [0, 0.05) is 33.4 Å². The Hall–Kier alpha value is -3.64. The number of aromatic nitrogens is 2. The van der Waals surface area contributed by atoms with E-state index in [2.05, 4.69) is 27.5 Å². The molecule has 2 amide bonds. The van der Waals surface area contributed by atoms with E-state index in [-0.39, 0.29) is 17.9 Å². The summed E-state index contributed by atoms with van der Waals surface area (Å²) in [5.41, 5.74) is 4.28. The van der Waals surface area contributed by atoms with Gasteiger partial charge in [-0.05, 0) is 73.4 Å². The molecule has 0 bridgehead atoms. The molecule has 0 radical (unpaired) electrons. The van der Waals surface area contributed by atoms with Crippen LogP contribution in [0.1, 0.15) is 53.3 Å². The summed E-state index contributed by atoms with van der Waals surface area (Å²) in [7, 11) is 0. The van der Waals surface area contributed by atoms with Gasteiger partial charge >= 0.3 is 0 Å². The molecule has 0 spiro atoms. The molecule has 7 heteroatoms. The molecule has 0 saturated heterocycles. The second-order valence-corrected chi connectivity index (χ2v) is 9.63. The SMILES string of the molecule is CC1CCCCC1NC(=O)c1ccc2nc(-c3ccc(C(=O)Nc4ccc(Cl)cc4)cc3)[nH]c2c1. The number of aromatic amines is 1. The van der Waals surface area contributed by atoms with Crippen LogP contribution in [-0.2, 0) is 0 Å². The smallest absolute Gasteiger partial charge is 0.255 e. The van der Waals surface area contributed by atoms with E-state index in [1.54, 1.807) is 36.4 Å². The van der Waals surface area contributed by atoms with E-state index in [4.69, 9.17) is 11.6 Å². The number of hydrogen-bond donors (Lipinski definition) is 3. The van der Waals surface area contributed by atoms with Crippen molar-refractivity contribution in [1.82, 2.24) is 15.3 Å². The number of fused-ring (bicyclic) bond motifs is 1. The van der Waals surface area contributed by atoms with Gasteiger partial charge in [0.25, 0.3) is 11.8 Å². The Morgan fingerprint density at radius 1 is 0.914 bits per heavy atom. The lowest BCUT2D eigenvalue weighted by atomic mass is 9.86. The van der Waals surface area contributed by atoms with Gasteiger partial charge in [0.1, 0.15) is 5.82 Å². The summed E-state index contributed by atoms with van der Waals surface area (Å²) in [6.07, 6.45) is 4.61. The molecule has 4 aromatic rings. The first kappa shape index (κ1) is 23.1. The molecule has 1 aliphatic carbocycles. The number of carbonyl (C=O) groups is 2. The van der Waals surface area contributed by atoms with Crippen LogP contribution in [0, 0.1) is 5.92 Å². The molecule has 5 rings (SSSR count). The predicted molar refractivity (Wildman–Crippen MR) is 140 cm³/mol. The Balaban J connectivity index is 1.29. The van der Waals surface area contributed by atoms with Crippen LogP contribution in [0.5, 0.6) is 0 Å². The first-order valence-electron chi connectivity index (χ1n) is 11.9. The van der Waals surface area contributed by atoms with E-state index in [9.17, 15) is 9.59 Å². The Kier molecular flexibility index (Phi) is 6.55. The molecule has 6 nitrogen and oxygen atoms in total. The van der Waals surface area contributed by atoms with Crippen LogP contribution >= 0.6 is 11.6 Å². The van der Waals surface area contributed by atoms with Gasteiger partial charge in [-0.3, -0.25) is 9.59 Å². The summed E-state index contributed by atoms with van der Waals surface area (Å²) in [5, 5.41) is 6.68. The number of benzene rings is 3. The van der Waals surface area contributed by atoms with Gasteiger partial charge in [-0.25, -0.2) is 4.98 Å². The van der Waals surface area contributed by atoms with Gasteiger partial charge in [-0.15, -0.1) is 0 Å². The summed E-state index contributed by atoms with van der Waals surface area (Å²) < 4.78 is 0. The molecule has 3 N–H and O–H groups in total. The van der Waals surface area contributed by atoms with Crippen molar-refractivity contribution in [3.05, 3.63) is 82.9 Å². The van der Waals surface area contributed by atoms with E-state index in [0.29, 0.717) is 33.6 Å². The lowest BCUT2D eigenvalue weighted by molar-refractivity contribution is 0.0910. The Bertz CT molecular complexity index is 1360. The van der Waals surface area contributed by atoms with Crippen molar-refractivity contribution in [3.63, 3.8) is 0 Å². The van der Waals surface area contributed by atoms with Crippen LogP contribution < -0.4 is 10.6 Å². The molecule has 1 heterocycles. The summed E-state index contributed by atoms with van der Waals surface area (Å²) in [6, 6.07) is 20.0. The molecule has 2 unspecified atom stereocenters. The summed E-state index contributed by atoms with van der Waals surface area (Å²) >= 11 is 5.90. The standard InChI is InChI=1S/C28H27ClN4O2/c1-17-4-2-3-5-23(17)33-28(35)20-10-15-24-25(16-20)32-26(31-24)18-6-8-19(9-7-18)27(34)30-22-13-11-21(29)12-14-22/h6-17,23H,2-5H2,1H3,(H,30,34)(H,31,32)(H,33,35). The molecule has 1 aliphatic rings. The maximum Gasteiger partial charge on any atom is 0.255 e. The second kappa shape index (κ2) is 9.92. The number of amides is 2. The van der Waals surface area contributed by atoms with E-state index in [1.807, 2.05) is 30.3 Å². The summed E-state index contributed by atoms with van der Waals surface area (Å²) in [4.78, 5) is 33.4. The third kappa shape index (κ3) is 5.23. The first-order valence-corrected chi connectivity index (χ1v) is 12.3. The van der Waals surface area contributed by atoms with Gasteiger partial charge in [0.2, 0.25) is 0 Å². The second-order valence-electron chi connectivity index (χ2n) is 9.20. The van der Waals surface area contributed by atoms with Gasteiger partial charge in [-0.1, -0.05) is 43.5 Å². The molecular formula is C28H27ClN4O2. The minimum atomic E-state index is -0.202. The number of rotatable bonds is 5. The molecule has 2 atom stereocenters. The van der Waals surface area contributed by atoms with Gasteiger partial charge in [-0.2, -0.15) is 0 Å². The maximum absolute atomic E-state index is 12.8. The number of nitrogens with one attached hydrogen (secondary N) is 3. The number of halogens is 1. The van der Waals surface area contributed by atoms with Crippen LogP contribution in [0.15, 0.2) is 66.7 Å². The molecule has 1 fully saturated rings. The minimum Gasteiger partial charge on any atom is -0.349 e. The van der Waals surface area contributed by atoms with Crippen molar-refractivity contribution in [1.29, 1.82) is 0 Å². The molecule has 1 saturated carbocycles. The highest BCUT2D eigenvalue weighted by atomic mass is 35.5. The fourth-order valence-electron chi connectivity index (χ4n) is 4.59. The van der Waals surface area contributed by atoms with Gasteiger partial charge < -0.3 is 15.6 Å². The van der Waals surface area contributed by atoms with Crippen molar-refractivity contribution in [2.75, 3.05) is 5.32 Å². The lowest BCUT2D eigenvalue weighted by Gasteiger charge is -2.29. The number of anilines is 1. The third-order valence-electron chi connectivity index (χ3n) is 6.69. The monoisotopic (exact) mass is 486 g/mol. The topological polar surface area (TPSA) is 86.9 Å². The van der Waals surface area contributed by atoms with E-state index in [0.717, 1.165) is 29.4 Å². The van der Waals surface area contributed by atoms with E-state index in [1.165, 1.54) is 12.8 Å². The Morgan fingerprint density at radius 3 is 2.37 bits per heavy atom. The molecule has 178 valence electrons. The zero-order chi connectivity index (χ0) is 24.4. The van der Waals surface area contributed by atoms with Crippen LogP contribution in [0.3, 0.4) is 0 Å². The fourth-order valence-corrected chi connectivity index (χ4v) is 4.71. The highest BCUT2D eigenvalue weighted by molar-refractivity contribution is 6.30. The number of H-pyrrole nitrogens is 1. The molecule has 0 aliphatic heterocycles. The highest BCUT2D eigenvalue weighted by Crippen LogP contribution is 2.25. The first-order chi connectivity index (χ1) is 17.0. The molecule has 3 aromatic carbocycles.